The van der Waals surface area contributed by atoms with Crippen LogP contribution in [0.3, 0.4) is 0 Å². The average molecular weight is 279 g/mol. The van der Waals surface area contributed by atoms with Crippen LogP contribution < -0.4 is 11.5 Å². The van der Waals surface area contributed by atoms with Crippen molar-refractivity contribution in [2.24, 2.45) is 0 Å². The Morgan fingerprint density at radius 2 is 1.68 bits per heavy atom. The first-order valence-electron chi connectivity index (χ1n) is 6.17. The monoisotopic (exact) mass is 278 g/mol. The van der Waals surface area contributed by atoms with Crippen molar-refractivity contribution in [1.82, 2.24) is 9.97 Å². The van der Waals surface area contributed by atoms with Gasteiger partial charge >= 0.3 is 0 Å². The number of halogens is 1. The van der Waals surface area contributed by atoms with Crippen LogP contribution in [0.2, 0.25) is 5.02 Å². The smallest absolute Gasteiger partial charge is 0.126 e. The number of nitrogens with two attached hydrogens (primary N) is 2. The van der Waals surface area contributed by atoms with Gasteiger partial charge in [0.05, 0.1) is 5.02 Å². The van der Waals surface area contributed by atoms with E-state index in [0.717, 1.165) is 24.0 Å². The summed E-state index contributed by atoms with van der Waals surface area (Å²) in [7, 11) is 0. The molecule has 0 aliphatic rings. The van der Waals surface area contributed by atoms with Crippen LogP contribution >= 0.6 is 11.6 Å². The third-order valence-corrected chi connectivity index (χ3v) is 2.86. The van der Waals surface area contributed by atoms with Crippen LogP contribution in [0, 0.1) is 0 Å². The molecule has 2 aromatic heterocycles. The fourth-order valence-corrected chi connectivity index (χ4v) is 1.71. The lowest BCUT2D eigenvalue weighted by atomic mass is 10.2. The van der Waals surface area contributed by atoms with Gasteiger partial charge in [0.25, 0.3) is 0 Å². The summed E-state index contributed by atoms with van der Waals surface area (Å²) in [4.78, 5) is 7.82. The molecule has 2 heterocycles. The van der Waals surface area contributed by atoms with E-state index < -0.39 is 0 Å². The molecular formula is C14H19ClN4. The van der Waals surface area contributed by atoms with E-state index in [-0.39, 0.29) is 0 Å². The van der Waals surface area contributed by atoms with Crippen molar-refractivity contribution in [3.05, 3.63) is 46.7 Å². The standard InChI is InChI=1S/C7H9ClN2.C7H10N2/c1-2-5-3-6(8)4-10-7(5)9;1-2-6-4-3-5-9-7(6)8/h3-4H,2H2,1H3,(H2,9,10);3-5H,2H2,1H3,(H2,8,9). The SMILES string of the molecule is CCc1cc(Cl)cnc1N.CCc1cccnc1N. The molecule has 0 atom stereocenters. The Hall–Kier alpha value is -1.81. The fourth-order valence-electron chi connectivity index (χ4n) is 1.52. The highest BCUT2D eigenvalue weighted by Gasteiger charge is 1.97. The summed E-state index contributed by atoms with van der Waals surface area (Å²) in [5.74, 6) is 1.23. The highest BCUT2D eigenvalue weighted by atomic mass is 35.5. The fraction of sp³-hybridized carbons (Fsp3) is 0.286. The lowest BCUT2D eigenvalue weighted by Gasteiger charge is -1.99. The minimum absolute atomic E-state index is 0.576. The van der Waals surface area contributed by atoms with Gasteiger partial charge in [-0.25, -0.2) is 9.97 Å². The van der Waals surface area contributed by atoms with E-state index in [2.05, 4.69) is 16.9 Å². The number of nitrogens with zero attached hydrogens (tertiary/aromatic N) is 2. The third kappa shape index (κ3) is 4.75. The van der Waals surface area contributed by atoms with Crippen molar-refractivity contribution in [2.45, 2.75) is 26.7 Å². The molecule has 0 fully saturated rings. The van der Waals surface area contributed by atoms with Gasteiger partial charge in [0.1, 0.15) is 11.6 Å². The summed E-state index contributed by atoms with van der Waals surface area (Å²) < 4.78 is 0. The topological polar surface area (TPSA) is 77.8 Å². The van der Waals surface area contributed by atoms with E-state index in [1.807, 2.05) is 25.1 Å². The van der Waals surface area contributed by atoms with E-state index in [4.69, 9.17) is 23.1 Å². The molecule has 0 aliphatic carbocycles. The first kappa shape index (κ1) is 15.2. The Labute approximate surface area is 118 Å². The highest BCUT2D eigenvalue weighted by molar-refractivity contribution is 6.30. The van der Waals surface area contributed by atoms with E-state index >= 15 is 0 Å². The van der Waals surface area contributed by atoms with E-state index in [0.29, 0.717) is 16.7 Å². The zero-order valence-electron chi connectivity index (χ0n) is 11.2. The Balaban J connectivity index is 0.000000191. The quantitative estimate of drug-likeness (QED) is 0.885. The van der Waals surface area contributed by atoms with Crippen LogP contribution in [0.15, 0.2) is 30.6 Å². The van der Waals surface area contributed by atoms with E-state index in [1.54, 1.807) is 12.4 Å². The number of hydrogen-bond donors (Lipinski definition) is 2. The van der Waals surface area contributed by atoms with Gasteiger partial charge in [-0.2, -0.15) is 0 Å². The predicted octanol–water partition coefficient (Wildman–Crippen LogP) is 3.11. The van der Waals surface area contributed by atoms with Crippen molar-refractivity contribution >= 4 is 23.2 Å². The van der Waals surface area contributed by atoms with Crippen molar-refractivity contribution < 1.29 is 0 Å². The van der Waals surface area contributed by atoms with Crippen LogP contribution in [-0.4, -0.2) is 9.97 Å². The van der Waals surface area contributed by atoms with Crippen LogP contribution in [0.4, 0.5) is 11.6 Å². The number of nitrogen functional groups attached to an aromatic ring is 2. The number of anilines is 2. The number of hydrogen-bond acceptors (Lipinski definition) is 4. The molecule has 0 aliphatic heterocycles. The second-order valence-electron chi connectivity index (χ2n) is 3.95. The minimum atomic E-state index is 0.576. The molecule has 0 amide bonds. The maximum Gasteiger partial charge on any atom is 0.126 e. The number of aryl methyl sites for hydroxylation is 2. The van der Waals surface area contributed by atoms with Gasteiger partial charge in [0.15, 0.2) is 0 Å². The van der Waals surface area contributed by atoms with Gasteiger partial charge in [-0.1, -0.05) is 31.5 Å². The van der Waals surface area contributed by atoms with Gasteiger partial charge in [-0.15, -0.1) is 0 Å². The molecular weight excluding hydrogens is 260 g/mol. The second-order valence-corrected chi connectivity index (χ2v) is 4.39. The highest BCUT2D eigenvalue weighted by Crippen LogP contribution is 2.14. The molecule has 2 aromatic rings. The summed E-state index contributed by atoms with van der Waals surface area (Å²) in [6.45, 7) is 4.08. The molecule has 0 radical (unpaired) electrons. The van der Waals surface area contributed by atoms with E-state index in [9.17, 15) is 0 Å². The van der Waals surface area contributed by atoms with Crippen molar-refractivity contribution in [3.63, 3.8) is 0 Å². The molecule has 0 saturated carbocycles. The van der Waals surface area contributed by atoms with Crippen molar-refractivity contribution in [3.8, 4) is 0 Å². The molecule has 4 N–H and O–H groups in total. The molecule has 2 rings (SSSR count). The number of rotatable bonds is 2. The summed E-state index contributed by atoms with van der Waals surface area (Å²) in [6.07, 6.45) is 5.09. The first-order chi connectivity index (χ1) is 9.08. The van der Waals surface area contributed by atoms with Gasteiger partial charge in [0.2, 0.25) is 0 Å². The zero-order chi connectivity index (χ0) is 14.3. The minimum Gasteiger partial charge on any atom is -0.383 e. The largest absolute Gasteiger partial charge is 0.383 e. The normalized spacial score (nSPS) is 9.63. The Bertz CT molecular complexity index is 529. The molecule has 102 valence electrons. The number of pyridine rings is 2. The molecule has 4 nitrogen and oxygen atoms in total. The average Bonchev–Trinajstić information content (AvgIpc) is 2.43. The van der Waals surface area contributed by atoms with Crippen LogP contribution in [0.1, 0.15) is 25.0 Å². The lowest BCUT2D eigenvalue weighted by molar-refractivity contribution is 1.11. The Kier molecular flexibility index (Phi) is 6.09. The molecule has 19 heavy (non-hydrogen) atoms. The molecule has 0 saturated heterocycles. The van der Waals surface area contributed by atoms with E-state index in [1.165, 1.54) is 0 Å². The third-order valence-electron chi connectivity index (χ3n) is 2.66. The number of aromatic nitrogens is 2. The van der Waals surface area contributed by atoms with Crippen LogP contribution in [-0.2, 0) is 12.8 Å². The summed E-state index contributed by atoms with van der Waals surface area (Å²) in [5, 5.41) is 0.644. The predicted molar refractivity (Wildman–Crippen MR) is 81.1 cm³/mol. The second kappa shape index (κ2) is 7.59. The van der Waals surface area contributed by atoms with Crippen molar-refractivity contribution in [2.75, 3.05) is 11.5 Å². The van der Waals surface area contributed by atoms with Gasteiger partial charge in [0, 0.05) is 12.4 Å². The van der Waals surface area contributed by atoms with Gasteiger partial charge in [-0.05, 0) is 36.1 Å². The molecule has 0 bridgehead atoms. The zero-order valence-corrected chi connectivity index (χ0v) is 12.0. The molecule has 0 aromatic carbocycles. The summed E-state index contributed by atoms with van der Waals surface area (Å²) in [6, 6.07) is 5.72. The van der Waals surface area contributed by atoms with Gasteiger partial charge < -0.3 is 11.5 Å². The van der Waals surface area contributed by atoms with Crippen molar-refractivity contribution in [1.29, 1.82) is 0 Å². The Morgan fingerprint density at radius 1 is 1.05 bits per heavy atom. The molecule has 0 spiro atoms. The first-order valence-corrected chi connectivity index (χ1v) is 6.55. The molecule has 5 heteroatoms. The lowest BCUT2D eigenvalue weighted by Crippen LogP contribution is -1.95. The van der Waals surface area contributed by atoms with Gasteiger partial charge in [-0.3, -0.25) is 0 Å². The maximum absolute atomic E-state index is 5.68. The molecule has 0 unspecified atom stereocenters. The summed E-state index contributed by atoms with van der Waals surface area (Å²) >= 11 is 5.68. The maximum atomic E-state index is 5.68. The van der Waals surface area contributed by atoms with Crippen LogP contribution in [0.5, 0.6) is 0 Å². The Morgan fingerprint density at radius 3 is 2.16 bits per heavy atom. The van der Waals surface area contributed by atoms with Crippen LogP contribution in [0.25, 0.3) is 0 Å². The summed E-state index contributed by atoms with van der Waals surface area (Å²) in [5.41, 5.74) is 13.2.